The van der Waals surface area contributed by atoms with Gasteiger partial charge in [-0.2, -0.15) is 0 Å². The topological polar surface area (TPSA) is 63.4 Å². The fourth-order valence-electron chi connectivity index (χ4n) is 1.11. The molecule has 0 radical (unpaired) electrons. The van der Waals surface area contributed by atoms with E-state index in [2.05, 4.69) is 0 Å². The number of hydrogen-bond donors (Lipinski definition) is 1. The molecule has 0 heterocycles. The Balaban J connectivity index is 4.02. The molecule has 0 fully saturated rings. The first-order valence-corrected chi connectivity index (χ1v) is 4.59. The van der Waals surface area contributed by atoms with Crippen molar-refractivity contribution in [2.75, 3.05) is 19.6 Å². The summed E-state index contributed by atoms with van der Waals surface area (Å²) < 4.78 is 0. The van der Waals surface area contributed by atoms with Crippen LogP contribution in [0.4, 0.5) is 0 Å². The summed E-state index contributed by atoms with van der Waals surface area (Å²) in [6.45, 7) is 5.09. The van der Waals surface area contributed by atoms with Crippen LogP contribution >= 0.6 is 0 Å². The molecule has 13 heavy (non-hydrogen) atoms. The van der Waals surface area contributed by atoms with Crippen LogP contribution in [0.3, 0.4) is 0 Å². The van der Waals surface area contributed by atoms with E-state index in [1.165, 1.54) is 6.92 Å². The lowest BCUT2D eigenvalue weighted by Gasteiger charge is -2.20. The fraction of sp³-hybridized carbons (Fsp3) is 0.778. The van der Waals surface area contributed by atoms with E-state index in [9.17, 15) is 9.59 Å². The summed E-state index contributed by atoms with van der Waals surface area (Å²) in [7, 11) is 0. The second-order valence-corrected chi connectivity index (χ2v) is 3.05. The SMILES string of the molecule is CCCN(CCN)C(=O)CC(C)=O. The van der Waals surface area contributed by atoms with Crippen LogP contribution in [-0.2, 0) is 9.59 Å². The molecule has 0 aromatic heterocycles. The van der Waals surface area contributed by atoms with Crippen LogP contribution in [0.25, 0.3) is 0 Å². The highest BCUT2D eigenvalue weighted by atomic mass is 16.2. The summed E-state index contributed by atoms with van der Waals surface area (Å²) in [5, 5.41) is 0. The number of Topliss-reactive ketones (excluding diaryl/α,β-unsaturated/α-hetero) is 1. The smallest absolute Gasteiger partial charge is 0.230 e. The number of carbonyl (C=O) groups is 2. The summed E-state index contributed by atoms with van der Waals surface area (Å²) in [5.41, 5.74) is 5.35. The first-order chi connectivity index (χ1) is 6.11. The van der Waals surface area contributed by atoms with Gasteiger partial charge in [-0.1, -0.05) is 6.92 Å². The summed E-state index contributed by atoms with van der Waals surface area (Å²) >= 11 is 0. The molecule has 0 aromatic carbocycles. The number of nitrogens with zero attached hydrogens (tertiary/aromatic N) is 1. The summed E-state index contributed by atoms with van der Waals surface area (Å²) in [5.74, 6) is -0.206. The van der Waals surface area contributed by atoms with Crippen LogP contribution in [-0.4, -0.2) is 36.2 Å². The molecule has 0 spiro atoms. The second kappa shape index (κ2) is 6.60. The fourth-order valence-corrected chi connectivity index (χ4v) is 1.11. The van der Waals surface area contributed by atoms with Gasteiger partial charge in [-0.05, 0) is 13.3 Å². The van der Waals surface area contributed by atoms with Crippen molar-refractivity contribution in [2.45, 2.75) is 26.7 Å². The number of ketones is 1. The zero-order valence-electron chi connectivity index (χ0n) is 8.38. The molecule has 2 N–H and O–H groups in total. The summed E-state index contributed by atoms with van der Waals surface area (Å²) in [6, 6.07) is 0. The number of nitrogens with two attached hydrogens (primary N) is 1. The van der Waals surface area contributed by atoms with E-state index >= 15 is 0 Å². The van der Waals surface area contributed by atoms with Crippen LogP contribution in [0.15, 0.2) is 0 Å². The third-order valence-electron chi connectivity index (χ3n) is 1.65. The molecule has 0 aromatic rings. The molecule has 0 bridgehead atoms. The zero-order chi connectivity index (χ0) is 10.3. The Morgan fingerprint density at radius 1 is 1.31 bits per heavy atom. The van der Waals surface area contributed by atoms with Crippen LogP contribution in [0.2, 0.25) is 0 Å². The van der Waals surface area contributed by atoms with Crippen molar-refractivity contribution >= 4 is 11.7 Å². The maximum Gasteiger partial charge on any atom is 0.230 e. The van der Waals surface area contributed by atoms with E-state index in [0.717, 1.165) is 6.42 Å². The number of amides is 1. The summed E-state index contributed by atoms with van der Waals surface area (Å²) in [4.78, 5) is 23.7. The third-order valence-corrected chi connectivity index (χ3v) is 1.65. The molecular weight excluding hydrogens is 168 g/mol. The van der Waals surface area contributed by atoms with Crippen LogP contribution in [0.1, 0.15) is 26.7 Å². The maximum absolute atomic E-state index is 11.4. The van der Waals surface area contributed by atoms with Crippen LogP contribution in [0.5, 0.6) is 0 Å². The molecule has 0 aliphatic carbocycles. The van der Waals surface area contributed by atoms with Gasteiger partial charge in [0.2, 0.25) is 5.91 Å². The van der Waals surface area contributed by atoms with E-state index in [-0.39, 0.29) is 18.1 Å². The van der Waals surface area contributed by atoms with Gasteiger partial charge in [0.15, 0.2) is 0 Å². The highest BCUT2D eigenvalue weighted by Crippen LogP contribution is 1.96. The Morgan fingerprint density at radius 2 is 1.92 bits per heavy atom. The average Bonchev–Trinajstić information content (AvgIpc) is 2.02. The zero-order valence-corrected chi connectivity index (χ0v) is 8.38. The van der Waals surface area contributed by atoms with Gasteiger partial charge in [0.1, 0.15) is 5.78 Å². The van der Waals surface area contributed by atoms with Crippen LogP contribution < -0.4 is 5.73 Å². The number of carbonyl (C=O) groups excluding carboxylic acids is 2. The van der Waals surface area contributed by atoms with Crippen molar-refractivity contribution in [1.29, 1.82) is 0 Å². The van der Waals surface area contributed by atoms with Crippen LogP contribution in [0, 0.1) is 0 Å². The molecule has 1 amide bonds. The number of hydrogen-bond acceptors (Lipinski definition) is 3. The normalized spacial score (nSPS) is 9.77. The predicted molar refractivity (Wildman–Crippen MR) is 51.2 cm³/mol. The minimum Gasteiger partial charge on any atom is -0.341 e. The molecule has 4 nitrogen and oxygen atoms in total. The van der Waals surface area contributed by atoms with Crippen molar-refractivity contribution in [1.82, 2.24) is 4.90 Å². The van der Waals surface area contributed by atoms with E-state index in [1.807, 2.05) is 6.92 Å². The van der Waals surface area contributed by atoms with Gasteiger partial charge in [-0.15, -0.1) is 0 Å². The molecule has 0 saturated heterocycles. The lowest BCUT2D eigenvalue weighted by atomic mass is 10.2. The molecule has 76 valence electrons. The van der Waals surface area contributed by atoms with E-state index in [4.69, 9.17) is 5.73 Å². The standard InChI is InChI=1S/C9H18N2O2/c1-3-5-11(6-4-10)9(13)7-8(2)12/h3-7,10H2,1-2H3. The Bertz CT molecular complexity index is 174. The van der Waals surface area contributed by atoms with Gasteiger partial charge in [-0.25, -0.2) is 0 Å². The van der Waals surface area contributed by atoms with Gasteiger partial charge in [0, 0.05) is 19.6 Å². The van der Waals surface area contributed by atoms with Crippen molar-refractivity contribution in [2.24, 2.45) is 5.73 Å². The summed E-state index contributed by atoms with van der Waals surface area (Å²) in [6.07, 6.45) is 0.893. The molecule has 4 heteroatoms. The van der Waals surface area contributed by atoms with Gasteiger partial charge in [-0.3, -0.25) is 9.59 Å². The highest BCUT2D eigenvalue weighted by molar-refractivity contribution is 5.96. The first-order valence-electron chi connectivity index (χ1n) is 4.59. The Labute approximate surface area is 79.1 Å². The van der Waals surface area contributed by atoms with E-state index in [0.29, 0.717) is 19.6 Å². The van der Waals surface area contributed by atoms with Gasteiger partial charge < -0.3 is 10.6 Å². The Hall–Kier alpha value is -0.900. The molecule has 0 aliphatic heterocycles. The third kappa shape index (κ3) is 5.36. The maximum atomic E-state index is 11.4. The van der Waals surface area contributed by atoms with Gasteiger partial charge in [0.25, 0.3) is 0 Å². The van der Waals surface area contributed by atoms with Crippen molar-refractivity contribution in [3.63, 3.8) is 0 Å². The number of rotatable bonds is 6. The molecule has 0 atom stereocenters. The van der Waals surface area contributed by atoms with Crippen molar-refractivity contribution in [3.05, 3.63) is 0 Å². The van der Waals surface area contributed by atoms with Gasteiger partial charge in [0.05, 0.1) is 6.42 Å². The predicted octanol–water partition coefficient (Wildman–Crippen LogP) is 0.163. The first kappa shape index (κ1) is 12.1. The van der Waals surface area contributed by atoms with E-state index in [1.54, 1.807) is 4.90 Å². The lowest BCUT2D eigenvalue weighted by molar-refractivity contribution is -0.134. The minimum atomic E-state index is -0.111. The molecule has 0 aliphatic rings. The Morgan fingerprint density at radius 3 is 2.31 bits per heavy atom. The minimum absolute atomic E-state index is 0.000000000000000222. The molecule has 0 saturated carbocycles. The molecule has 0 unspecified atom stereocenters. The van der Waals surface area contributed by atoms with E-state index < -0.39 is 0 Å². The largest absolute Gasteiger partial charge is 0.341 e. The molecule has 0 rings (SSSR count). The molecular formula is C9H18N2O2. The van der Waals surface area contributed by atoms with Gasteiger partial charge >= 0.3 is 0 Å². The monoisotopic (exact) mass is 186 g/mol. The van der Waals surface area contributed by atoms with Crippen molar-refractivity contribution < 1.29 is 9.59 Å². The average molecular weight is 186 g/mol. The quantitative estimate of drug-likeness (QED) is 0.601. The van der Waals surface area contributed by atoms with Crippen molar-refractivity contribution in [3.8, 4) is 0 Å². The lowest BCUT2D eigenvalue weighted by Crippen LogP contribution is -2.36. The highest BCUT2D eigenvalue weighted by Gasteiger charge is 2.12. The Kier molecular flexibility index (Phi) is 6.14. The second-order valence-electron chi connectivity index (χ2n) is 3.05.